The summed E-state index contributed by atoms with van der Waals surface area (Å²) in [6.07, 6.45) is 2.37. The molecule has 0 saturated heterocycles. The number of amides is 1. The Morgan fingerprint density at radius 1 is 1.41 bits per heavy atom. The van der Waals surface area contributed by atoms with Gasteiger partial charge in [0.05, 0.1) is 5.56 Å². The third-order valence-corrected chi connectivity index (χ3v) is 2.53. The van der Waals surface area contributed by atoms with Crippen molar-refractivity contribution in [2.24, 2.45) is 5.73 Å². The van der Waals surface area contributed by atoms with Crippen molar-refractivity contribution < 1.29 is 14.7 Å². The van der Waals surface area contributed by atoms with Gasteiger partial charge in [-0.3, -0.25) is 4.79 Å². The molecule has 1 amide bonds. The summed E-state index contributed by atoms with van der Waals surface area (Å²) in [5.74, 6) is -1.43. The minimum atomic E-state index is -0.957. The standard InChI is InChI=1S/C13H15NO3/c1-3-9-7-11(13(16)17)5-4-10(9)6-8(2)12(14)15/h4-7H,3H2,1-2H3,(H2,14,15)(H,16,17). The zero-order valence-electron chi connectivity index (χ0n) is 9.86. The minimum Gasteiger partial charge on any atom is -0.478 e. The molecule has 17 heavy (non-hydrogen) atoms. The number of benzene rings is 1. The van der Waals surface area contributed by atoms with Gasteiger partial charge in [0.1, 0.15) is 0 Å². The summed E-state index contributed by atoms with van der Waals surface area (Å²) in [6, 6.07) is 4.82. The summed E-state index contributed by atoms with van der Waals surface area (Å²) >= 11 is 0. The third kappa shape index (κ3) is 3.17. The van der Waals surface area contributed by atoms with Crippen LogP contribution in [0, 0.1) is 0 Å². The summed E-state index contributed by atoms with van der Waals surface area (Å²) in [7, 11) is 0. The molecule has 1 aromatic carbocycles. The highest BCUT2D eigenvalue weighted by Gasteiger charge is 2.07. The predicted molar refractivity (Wildman–Crippen MR) is 65.6 cm³/mol. The number of hydrogen-bond donors (Lipinski definition) is 2. The van der Waals surface area contributed by atoms with Crippen LogP contribution in [-0.2, 0) is 11.2 Å². The fourth-order valence-corrected chi connectivity index (χ4v) is 1.49. The quantitative estimate of drug-likeness (QED) is 0.778. The van der Waals surface area contributed by atoms with Gasteiger partial charge in [-0.05, 0) is 42.7 Å². The average Bonchev–Trinajstić information content (AvgIpc) is 2.28. The van der Waals surface area contributed by atoms with Crippen LogP contribution in [0.1, 0.15) is 35.3 Å². The highest BCUT2D eigenvalue weighted by atomic mass is 16.4. The van der Waals surface area contributed by atoms with E-state index in [1.54, 1.807) is 25.1 Å². The molecule has 0 bridgehead atoms. The summed E-state index contributed by atoms with van der Waals surface area (Å²) in [6.45, 7) is 3.56. The Hall–Kier alpha value is -2.10. The zero-order valence-corrected chi connectivity index (χ0v) is 9.86. The Morgan fingerprint density at radius 2 is 2.06 bits per heavy atom. The second kappa shape index (κ2) is 5.30. The van der Waals surface area contributed by atoms with E-state index in [9.17, 15) is 9.59 Å². The smallest absolute Gasteiger partial charge is 0.335 e. The molecule has 0 aliphatic rings. The molecule has 0 radical (unpaired) electrons. The van der Waals surface area contributed by atoms with E-state index in [1.807, 2.05) is 6.92 Å². The van der Waals surface area contributed by atoms with E-state index in [-0.39, 0.29) is 5.56 Å². The molecule has 0 aromatic heterocycles. The first kappa shape index (κ1) is 13.0. The molecule has 0 heterocycles. The van der Waals surface area contributed by atoms with E-state index < -0.39 is 11.9 Å². The van der Waals surface area contributed by atoms with E-state index in [1.165, 1.54) is 6.07 Å². The number of primary amides is 1. The Bertz CT molecular complexity index is 489. The van der Waals surface area contributed by atoms with Crippen molar-refractivity contribution in [2.75, 3.05) is 0 Å². The topological polar surface area (TPSA) is 80.4 Å². The number of carboxylic acid groups (broad SMARTS) is 1. The number of carbonyl (C=O) groups excluding carboxylic acids is 1. The molecular weight excluding hydrogens is 218 g/mol. The molecule has 0 aliphatic heterocycles. The third-order valence-electron chi connectivity index (χ3n) is 2.53. The SMILES string of the molecule is CCc1cc(C(=O)O)ccc1C=C(C)C(N)=O. The number of aromatic carboxylic acids is 1. The largest absolute Gasteiger partial charge is 0.478 e. The normalized spacial score (nSPS) is 11.3. The Balaban J connectivity index is 3.22. The number of hydrogen-bond acceptors (Lipinski definition) is 2. The van der Waals surface area contributed by atoms with Crippen LogP contribution in [0.25, 0.3) is 6.08 Å². The van der Waals surface area contributed by atoms with Gasteiger partial charge in [-0.2, -0.15) is 0 Å². The van der Waals surface area contributed by atoms with Gasteiger partial charge in [0.2, 0.25) is 5.91 Å². The Labute approximate surface area is 99.8 Å². The molecule has 0 fully saturated rings. The molecule has 4 heteroatoms. The van der Waals surface area contributed by atoms with Crippen molar-refractivity contribution in [1.82, 2.24) is 0 Å². The van der Waals surface area contributed by atoms with Gasteiger partial charge in [-0.1, -0.05) is 13.0 Å². The van der Waals surface area contributed by atoms with E-state index >= 15 is 0 Å². The lowest BCUT2D eigenvalue weighted by Crippen LogP contribution is -2.11. The van der Waals surface area contributed by atoms with Gasteiger partial charge in [0.15, 0.2) is 0 Å². The highest BCUT2D eigenvalue weighted by molar-refractivity contribution is 5.96. The highest BCUT2D eigenvalue weighted by Crippen LogP contribution is 2.16. The zero-order chi connectivity index (χ0) is 13.0. The number of rotatable bonds is 4. The monoisotopic (exact) mass is 233 g/mol. The van der Waals surface area contributed by atoms with Crippen LogP contribution < -0.4 is 5.73 Å². The van der Waals surface area contributed by atoms with Gasteiger partial charge in [-0.25, -0.2) is 4.79 Å². The van der Waals surface area contributed by atoms with Crippen molar-refractivity contribution >= 4 is 18.0 Å². The number of aryl methyl sites for hydroxylation is 1. The van der Waals surface area contributed by atoms with Crippen LogP contribution in [0.5, 0.6) is 0 Å². The predicted octanol–water partition coefficient (Wildman–Crippen LogP) is 1.84. The van der Waals surface area contributed by atoms with Crippen molar-refractivity contribution in [1.29, 1.82) is 0 Å². The van der Waals surface area contributed by atoms with Crippen LogP contribution in [0.2, 0.25) is 0 Å². The summed E-state index contributed by atoms with van der Waals surface area (Å²) in [4.78, 5) is 21.8. The van der Waals surface area contributed by atoms with Crippen LogP contribution in [0.3, 0.4) is 0 Å². The van der Waals surface area contributed by atoms with Gasteiger partial charge < -0.3 is 10.8 Å². The molecule has 90 valence electrons. The summed E-state index contributed by atoms with van der Waals surface area (Å²) in [5.41, 5.74) is 7.55. The lowest BCUT2D eigenvalue weighted by molar-refractivity contribution is -0.114. The van der Waals surface area contributed by atoms with Crippen molar-refractivity contribution in [3.63, 3.8) is 0 Å². The molecule has 0 spiro atoms. The number of nitrogens with two attached hydrogens (primary N) is 1. The first-order valence-electron chi connectivity index (χ1n) is 5.30. The molecule has 4 nitrogen and oxygen atoms in total. The molecule has 0 saturated carbocycles. The van der Waals surface area contributed by atoms with Crippen LogP contribution >= 0.6 is 0 Å². The van der Waals surface area contributed by atoms with Gasteiger partial charge in [-0.15, -0.1) is 0 Å². The van der Waals surface area contributed by atoms with Crippen LogP contribution in [0.15, 0.2) is 23.8 Å². The maximum Gasteiger partial charge on any atom is 0.335 e. The van der Waals surface area contributed by atoms with Gasteiger partial charge in [0, 0.05) is 5.57 Å². The van der Waals surface area contributed by atoms with E-state index in [0.29, 0.717) is 12.0 Å². The van der Waals surface area contributed by atoms with Gasteiger partial charge >= 0.3 is 5.97 Å². The molecule has 0 unspecified atom stereocenters. The lowest BCUT2D eigenvalue weighted by Gasteiger charge is -2.06. The van der Waals surface area contributed by atoms with Crippen molar-refractivity contribution in [3.05, 3.63) is 40.5 Å². The van der Waals surface area contributed by atoms with Gasteiger partial charge in [0.25, 0.3) is 0 Å². The van der Waals surface area contributed by atoms with Crippen LogP contribution in [-0.4, -0.2) is 17.0 Å². The first-order chi connectivity index (χ1) is 7.95. The number of carbonyl (C=O) groups is 2. The van der Waals surface area contributed by atoms with Crippen LogP contribution in [0.4, 0.5) is 0 Å². The molecule has 1 aromatic rings. The van der Waals surface area contributed by atoms with E-state index in [4.69, 9.17) is 10.8 Å². The minimum absolute atomic E-state index is 0.246. The average molecular weight is 233 g/mol. The molecule has 3 N–H and O–H groups in total. The van der Waals surface area contributed by atoms with E-state index in [2.05, 4.69) is 0 Å². The van der Waals surface area contributed by atoms with Crippen molar-refractivity contribution in [2.45, 2.75) is 20.3 Å². The Morgan fingerprint density at radius 3 is 2.53 bits per heavy atom. The summed E-state index contributed by atoms with van der Waals surface area (Å²) < 4.78 is 0. The molecule has 0 atom stereocenters. The summed E-state index contributed by atoms with van der Waals surface area (Å²) in [5, 5.41) is 8.88. The maximum absolute atomic E-state index is 10.9. The molecule has 0 aliphatic carbocycles. The first-order valence-corrected chi connectivity index (χ1v) is 5.30. The number of carboxylic acids is 1. The Kier molecular flexibility index (Phi) is 4.04. The maximum atomic E-state index is 10.9. The lowest BCUT2D eigenvalue weighted by atomic mass is 10.00. The second-order valence-electron chi connectivity index (χ2n) is 3.76. The second-order valence-corrected chi connectivity index (χ2v) is 3.76. The van der Waals surface area contributed by atoms with E-state index in [0.717, 1.165) is 11.1 Å². The van der Waals surface area contributed by atoms with Crippen molar-refractivity contribution in [3.8, 4) is 0 Å². The molecule has 1 rings (SSSR count). The molecular formula is C13H15NO3. The fraction of sp³-hybridized carbons (Fsp3) is 0.231. The fourth-order valence-electron chi connectivity index (χ4n) is 1.49.